The van der Waals surface area contributed by atoms with E-state index in [1.807, 2.05) is 84.9 Å². The third-order valence-electron chi connectivity index (χ3n) is 5.16. The summed E-state index contributed by atoms with van der Waals surface area (Å²) in [6.07, 6.45) is 0. The summed E-state index contributed by atoms with van der Waals surface area (Å²) in [5.74, 6) is 1.21. The van der Waals surface area contributed by atoms with Gasteiger partial charge < -0.3 is 5.32 Å². The molecule has 6 heteroatoms. The highest BCUT2D eigenvalue weighted by molar-refractivity contribution is 7.83. The number of nitrogens with zero attached hydrogens (tertiary/aromatic N) is 2. The number of hydrogen-bond donors (Lipinski definition) is 1. The van der Waals surface area contributed by atoms with Gasteiger partial charge in [0.1, 0.15) is 5.82 Å². The molecule has 0 spiro atoms. The number of aromatic nitrogens is 2. The predicted molar refractivity (Wildman–Crippen MR) is 119 cm³/mol. The molecular weight excluding hydrogens is 394 g/mol. The number of para-hydroxylation sites is 1. The van der Waals surface area contributed by atoms with Gasteiger partial charge in [-0.05, 0) is 35.4 Å². The average molecular weight is 414 g/mol. The smallest absolute Gasteiger partial charge is 0.256 e. The van der Waals surface area contributed by atoms with Gasteiger partial charge in [-0.25, -0.2) is 4.68 Å². The number of rotatable bonds is 4. The molecular formula is C24H19N3O2S. The van der Waals surface area contributed by atoms with Gasteiger partial charge in [0, 0.05) is 21.9 Å². The molecule has 1 aromatic heterocycles. The quantitative estimate of drug-likeness (QED) is 0.534. The SMILES string of the molecule is O=C(Nc1c2c(nn1-c1ccccc1)CS(=O)C2)c1ccc(-c2ccccc2)cc1. The maximum atomic E-state index is 13.0. The summed E-state index contributed by atoms with van der Waals surface area (Å²) in [6, 6.07) is 27.2. The summed E-state index contributed by atoms with van der Waals surface area (Å²) >= 11 is 0. The van der Waals surface area contributed by atoms with Crippen molar-refractivity contribution >= 4 is 22.5 Å². The first-order valence-corrected chi connectivity index (χ1v) is 11.2. The molecule has 1 aliphatic heterocycles. The van der Waals surface area contributed by atoms with Crippen molar-refractivity contribution in [2.24, 2.45) is 0 Å². The van der Waals surface area contributed by atoms with E-state index < -0.39 is 10.8 Å². The molecule has 30 heavy (non-hydrogen) atoms. The Hall–Kier alpha value is -3.51. The van der Waals surface area contributed by atoms with Crippen molar-refractivity contribution in [3.63, 3.8) is 0 Å². The van der Waals surface area contributed by atoms with Crippen LogP contribution in [0.5, 0.6) is 0 Å². The monoisotopic (exact) mass is 413 g/mol. The van der Waals surface area contributed by atoms with Crippen LogP contribution in [0.25, 0.3) is 16.8 Å². The molecule has 1 N–H and O–H groups in total. The fourth-order valence-electron chi connectivity index (χ4n) is 3.64. The Morgan fingerprint density at radius 2 is 1.47 bits per heavy atom. The number of fused-ring (bicyclic) bond motifs is 1. The summed E-state index contributed by atoms with van der Waals surface area (Å²) in [6.45, 7) is 0. The zero-order chi connectivity index (χ0) is 20.5. The van der Waals surface area contributed by atoms with Gasteiger partial charge in [-0.1, -0.05) is 60.7 Å². The standard InChI is InChI=1S/C24H19N3O2S/c28-24(19-13-11-18(12-14-19)17-7-3-1-4-8-17)25-23-21-15-30(29)16-22(21)26-27(23)20-9-5-2-6-10-20/h1-14H,15-16H2,(H,25,28). The maximum Gasteiger partial charge on any atom is 0.256 e. The van der Waals surface area contributed by atoms with E-state index in [0.717, 1.165) is 28.1 Å². The number of carbonyl (C=O) groups is 1. The Balaban J connectivity index is 1.46. The van der Waals surface area contributed by atoms with E-state index in [4.69, 9.17) is 0 Å². The minimum atomic E-state index is -0.974. The fraction of sp³-hybridized carbons (Fsp3) is 0.0833. The van der Waals surface area contributed by atoms with Gasteiger partial charge in [0.2, 0.25) is 0 Å². The average Bonchev–Trinajstić information content (AvgIpc) is 3.32. The van der Waals surface area contributed by atoms with Gasteiger partial charge in [0.05, 0.1) is 22.9 Å². The fourth-order valence-corrected chi connectivity index (χ4v) is 4.90. The first kappa shape index (κ1) is 18.5. The van der Waals surface area contributed by atoms with Crippen molar-refractivity contribution in [1.29, 1.82) is 0 Å². The lowest BCUT2D eigenvalue weighted by molar-refractivity contribution is 0.102. The minimum absolute atomic E-state index is 0.216. The molecule has 5 rings (SSSR count). The largest absolute Gasteiger partial charge is 0.306 e. The van der Waals surface area contributed by atoms with Crippen molar-refractivity contribution in [3.8, 4) is 16.8 Å². The van der Waals surface area contributed by atoms with Crippen LogP contribution in [0.3, 0.4) is 0 Å². The lowest BCUT2D eigenvalue weighted by Gasteiger charge is -2.11. The molecule has 1 amide bonds. The predicted octanol–water partition coefficient (Wildman–Crippen LogP) is 4.55. The van der Waals surface area contributed by atoms with Crippen molar-refractivity contribution in [1.82, 2.24) is 9.78 Å². The van der Waals surface area contributed by atoms with E-state index in [2.05, 4.69) is 10.4 Å². The molecule has 0 aliphatic carbocycles. The van der Waals surface area contributed by atoms with Gasteiger partial charge in [0.15, 0.2) is 0 Å². The number of anilines is 1. The topological polar surface area (TPSA) is 64.0 Å². The first-order valence-electron chi connectivity index (χ1n) is 9.67. The number of nitrogens with one attached hydrogen (secondary N) is 1. The van der Waals surface area contributed by atoms with E-state index in [0.29, 0.717) is 22.9 Å². The van der Waals surface area contributed by atoms with Crippen LogP contribution in [-0.2, 0) is 22.3 Å². The number of amides is 1. The highest BCUT2D eigenvalue weighted by Gasteiger charge is 2.28. The van der Waals surface area contributed by atoms with E-state index in [9.17, 15) is 9.00 Å². The van der Waals surface area contributed by atoms with E-state index >= 15 is 0 Å². The Kier molecular flexibility index (Phi) is 4.77. The van der Waals surface area contributed by atoms with Crippen molar-refractivity contribution < 1.29 is 9.00 Å². The highest BCUT2D eigenvalue weighted by atomic mass is 32.2. The van der Waals surface area contributed by atoms with Crippen molar-refractivity contribution in [3.05, 3.63) is 102 Å². The molecule has 0 fully saturated rings. The number of carbonyl (C=O) groups excluding carboxylic acids is 1. The lowest BCUT2D eigenvalue weighted by Crippen LogP contribution is -2.16. The maximum absolute atomic E-state index is 13.0. The highest BCUT2D eigenvalue weighted by Crippen LogP contribution is 2.31. The van der Waals surface area contributed by atoms with Crippen LogP contribution >= 0.6 is 0 Å². The second-order valence-corrected chi connectivity index (χ2v) is 8.60. The van der Waals surface area contributed by atoms with Crippen LogP contribution in [-0.4, -0.2) is 19.9 Å². The summed E-state index contributed by atoms with van der Waals surface area (Å²) in [5, 5.41) is 7.63. The van der Waals surface area contributed by atoms with E-state index in [-0.39, 0.29) is 5.91 Å². The molecule has 4 aromatic rings. The van der Waals surface area contributed by atoms with Gasteiger partial charge >= 0.3 is 0 Å². The molecule has 3 aromatic carbocycles. The number of benzene rings is 3. The molecule has 148 valence electrons. The summed E-state index contributed by atoms with van der Waals surface area (Å²) in [4.78, 5) is 13.0. The van der Waals surface area contributed by atoms with Crippen molar-refractivity contribution in [2.45, 2.75) is 11.5 Å². The summed E-state index contributed by atoms with van der Waals surface area (Å²) in [5.41, 5.74) is 5.21. The van der Waals surface area contributed by atoms with Crippen LogP contribution in [0, 0.1) is 0 Å². The van der Waals surface area contributed by atoms with Crippen LogP contribution in [0.1, 0.15) is 21.6 Å². The first-order chi connectivity index (χ1) is 14.7. The summed E-state index contributed by atoms with van der Waals surface area (Å²) in [7, 11) is -0.974. The van der Waals surface area contributed by atoms with Gasteiger partial charge in [-0.2, -0.15) is 5.10 Å². The third-order valence-corrected chi connectivity index (χ3v) is 6.36. The molecule has 0 radical (unpaired) electrons. The lowest BCUT2D eigenvalue weighted by atomic mass is 10.0. The molecule has 2 heterocycles. The Labute approximate surface area is 176 Å². The van der Waals surface area contributed by atoms with E-state index in [1.54, 1.807) is 4.68 Å². The van der Waals surface area contributed by atoms with Crippen LogP contribution in [0.15, 0.2) is 84.9 Å². The Morgan fingerprint density at radius 3 is 2.17 bits per heavy atom. The van der Waals surface area contributed by atoms with Crippen molar-refractivity contribution in [2.75, 3.05) is 5.32 Å². The molecule has 0 bridgehead atoms. The third kappa shape index (κ3) is 3.46. The Bertz CT molecular complexity index is 1230. The molecule has 1 atom stereocenters. The van der Waals surface area contributed by atoms with Crippen LogP contribution in [0.2, 0.25) is 0 Å². The molecule has 1 aliphatic rings. The molecule has 5 nitrogen and oxygen atoms in total. The minimum Gasteiger partial charge on any atom is -0.306 e. The van der Waals surface area contributed by atoms with Gasteiger partial charge in [-0.15, -0.1) is 0 Å². The molecule has 1 unspecified atom stereocenters. The molecule has 0 saturated carbocycles. The zero-order valence-electron chi connectivity index (χ0n) is 16.1. The van der Waals surface area contributed by atoms with Crippen LogP contribution < -0.4 is 5.32 Å². The van der Waals surface area contributed by atoms with Gasteiger partial charge in [0.25, 0.3) is 5.91 Å². The normalized spacial score (nSPS) is 15.0. The Morgan fingerprint density at radius 1 is 0.833 bits per heavy atom. The number of hydrogen-bond acceptors (Lipinski definition) is 3. The van der Waals surface area contributed by atoms with Gasteiger partial charge in [-0.3, -0.25) is 9.00 Å². The second kappa shape index (κ2) is 7.72. The molecule has 0 saturated heterocycles. The van der Waals surface area contributed by atoms with E-state index in [1.165, 1.54) is 0 Å². The van der Waals surface area contributed by atoms with Crippen LogP contribution in [0.4, 0.5) is 5.82 Å². The zero-order valence-corrected chi connectivity index (χ0v) is 16.9. The summed E-state index contributed by atoms with van der Waals surface area (Å²) < 4.78 is 13.8. The second-order valence-electron chi connectivity index (χ2n) is 7.15.